The van der Waals surface area contributed by atoms with Crippen molar-refractivity contribution in [1.29, 1.82) is 0 Å². The average molecular weight is 466 g/mol. The lowest BCUT2D eigenvalue weighted by atomic mass is 10.1. The Morgan fingerprint density at radius 3 is 2.22 bits per heavy atom. The van der Waals surface area contributed by atoms with Crippen molar-refractivity contribution in [2.45, 2.75) is 40.4 Å². The monoisotopic (exact) mass is 465 g/mol. The molecule has 2 aromatic rings. The fourth-order valence-corrected chi connectivity index (χ4v) is 3.73. The molecule has 1 aromatic heterocycles. The Morgan fingerprint density at radius 1 is 0.969 bits per heavy atom. The first-order valence-electron chi connectivity index (χ1n) is 10.0. The summed E-state index contributed by atoms with van der Waals surface area (Å²) in [6.45, 7) is 6.92. The Balaban J connectivity index is 2.31. The molecule has 0 spiro atoms. The first-order chi connectivity index (χ1) is 15.2. The summed E-state index contributed by atoms with van der Waals surface area (Å²) in [5.41, 5.74) is 6.30. The van der Waals surface area contributed by atoms with Crippen molar-refractivity contribution in [3.05, 3.63) is 39.8 Å². The zero-order valence-electron chi connectivity index (χ0n) is 18.7. The molecule has 32 heavy (non-hydrogen) atoms. The van der Waals surface area contributed by atoms with Gasteiger partial charge in [0.25, 0.3) is 0 Å². The van der Waals surface area contributed by atoms with Crippen LogP contribution in [0.25, 0.3) is 0 Å². The molecule has 2 N–H and O–H groups in total. The number of carbonyl (C=O) groups is 3. The number of hydrogen-bond acceptors (Lipinski definition) is 10. The van der Waals surface area contributed by atoms with Crippen LogP contribution in [0, 0.1) is 0 Å². The number of carbonyl (C=O) groups excluding carboxylic acids is 3. The Bertz CT molecular complexity index is 983. The van der Waals surface area contributed by atoms with Crippen molar-refractivity contribution >= 4 is 34.2 Å². The van der Waals surface area contributed by atoms with Gasteiger partial charge in [-0.3, -0.25) is 0 Å². The molecule has 1 heterocycles. The van der Waals surface area contributed by atoms with Crippen LogP contribution in [0.3, 0.4) is 0 Å². The van der Waals surface area contributed by atoms with E-state index in [1.807, 2.05) is 13.8 Å². The van der Waals surface area contributed by atoms with Crippen molar-refractivity contribution < 1.29 is 38.1 Å². The molecule has 0 radical (unpaired) electrons. The van der Waals surface area contributed by atoms with Gasteiger partial charge in [-0.15, -0.1) is 11.3 Å². The number of rotatable bonds is 10. The largest absolute Gasteiger partial charge is 0.493 e. The third-order valence-electron chi connectivity index (χ3n) is 4.08. The summed E-state index contributed by atoms with van der Waals surface area (Å²) in [5.74, 6) is -1.21. The maximum atomic E-state index is 12.7. The van der Waals surface area contributed by atoms with Gasteiger partial charge in [0.15, 0.2) is 11.5 Å². The van der Waals surface area contributed by atoms with E-state index in [2.05, 4.69) is 0 Å². The van der Waals surface area contributed by atoms with Crippen LogP contribution in [0.2, 0.25) is 0 Å². The highest BCUT2D eigenvalue weighted by Gasteiger charge is 2.28. The van der Waals surface area contributed by atoms with Gasteiger partial charge in [0.2, 0.25) is 0 Å². The number of methoxy groups -OCH3 is 1. The minimum Gasteiger partial charge on any atom is -0.493 e. The van der Waals surface area contributed by atoms with E-state index in [9.17, 15) is 14.4 Å². The SMILES string of the molecule is CCOC(=O)c1sc(N)c(C(=O)OCC)c1COC(=O)c1ccc(OC(C)C)c(OC)c1. The summed E-state index contributed by atoms with van der Waals surface area (Å²) < 4.78 is 26.4. The quantitative estimate of drug-likeness (QED) is 0.412. The van der Waals surface area contributed by atoms with E-state index in [-0.39, 0.29) is 52.5 Å². The first kappa shape index (κ1) is 25.0. The van der Waals surface area contributed by atoms with E-state index < -0.39 is 17.9 Å². The van der Waals surface area contributed by atoms with Gasteiger partial charge < -0.3 is 29.4 Å². The standard InChI is InChI=1S/C22H27NO8S/c1-6-28-21(25)17-14(18(32-19(17)23)22(26)29-7-2)11-30-20(24)13-8-9-15(31-12(3)4)16(10-13)27-5/h8-10,12H,6-7,11,23H2,1-5H3. The minimum atomic E-state index is -0.709. The molecule has 0 aliphatic heterocycles. The highest BCUT2D eigenvalue weighted by Crippen LogP contribution is 2.34. The van der Waals surface area contributed by atoms with Gasteiger partial charge in [-0.2, -0.15) is 0 Å². The Morgan fingerprint density at radius 2 is 1.62 bits per heavy atom. The molecular weight excluding hydrogens is 438 g/mol. The van der Waals surface area contributed by atoms with E-state index >= 15 is 0 Å². The second-order valence-electron chi connectivity index (χ2n) is 6.70. The van der Waals surface area contributed by atoms with Gasteiger partial charge >= 0.3 is 17.9 Å². The van der Waals surface area contributed by atoms with Crippen LogP contribution in [0.1, 0.15) is 63.6 Å². The third-order valence-corrected chi connectivity index (χ3v) is 5.13. The van der Waals surface area contributed by atoms with Crippen molar-refractivity contribution in [2.24, 2.45) is 0 Å². The molecule has 0 bridgehead atoms. The van der Waals surface area contributed by atoms with Crippen molar-refractivity contribution in [3.63, 3.8) is 0 Å². The van der Waals surface area contributed by atoms with Gasteiger partial charge in [0.1, 0.15) is 22.0 Å². The van der Waals surface area contributed by atoms with Gasteiger partial charge in [-0.1, -0.05) is 0 Å². The van der Waals surface area contributed by atoms with E-state index in [1.54, 1.807) is 19.9 Å². The topological polar surface area (TPSA) is 123 Å². The second-order valence-corrected chi connectivity index (χ2v) is 7.75. The molecule has 2 rings (SSSR count). The van der Waals surface area contributed by atoms with Crippen LogP contribution in [0.15, 0.2) is 18.2 Å². The molecule has 0 unspecified atom stereocenters. The van der Waals surface area contributed by atoms with Crippen LogP contribution < -0.4 is 15.2 Å². The summed E-state index contributed by atoms with van der Waals surface area (Å²) in [6, 6.07) is 4.62. The second kappa shape index (κ2) is 11.4. The molecule has 10 heteroatoms. The van der Waals surface area contributed by atoms with Gasteiger partial charge in [0, 0.05) is 5.56 Å². The molecule has 0 atom stereocenters. The number of nitrogen functional groups attached to an aromatic ring is 1. The molecule has 0 aliphatic carbocycles. The van der Waals surface area contributed by atoms with E-state index in [4.69, 9.17) is 29.4 Å². The lowest BCUT2D eigenvalue weighted by Crippen LogP contribution is -2.14. The molecule has 9 nitrogen and oxygen atoms in total. The summed E-state index contributed by atoms with van der Waals surface area (Å²) >= 11 is 0.879. The van der Waals surface area contributed by atoms with Crippen molar-refractivity contribution in [3.8, 4) is 11.5 Å². The first-order valence-corrected chi connectivity index (χ1v) is 10.8. The summed E-state index contributed by atoms with van der Waals surface area (Å²) in [6.07, 6.45) is -0.0756. The number of hydrogen-bond donors (Lipinski definition) is 1. The fraction of sp³-hybridized carbons (Fsp3) is 0.409. The lowest BCUT2D eigenvalue weighted by Gasteiger charge is -2.14. The summed E-state index contributed by atoms with van der Waals surface area (Å²) in [7, 11) is 1.46. The van der Waals surface area contributed by atoms with Crippen LogP contribution in [-0.4, -0.2) is 44.3 Å². The maximum Gasteiger partial charge on any atom is 0.348 e. The van der Waals surface area contributed by atoms with Crippen LogP contribution in [-0.2, 0) is 20.8 Å². The lowest BCUT2D eigenvalue weighted by molar-refractivity contribution is 0.0437. The maximum absolute atomic E-state index is 12.7. The summed E-state index contributed by atoms with van der Waals surface area (Å²) in [5, 5.41) is 0.0782. The fourth-order valence-electron chi connectivity index (χ4n) is 2.78. The smallest absolute Gasteiger partial charge is 0.348 e. The van der Waals surface area contributed by atoms with Crippen molar-refractivity contribution in [1.82, 2.24) is 0 Å². The van der Waals surface area contributed by atoms with Crippen LogP contribution >= 0.6 is 11.3 Å². The molecule has 0 fully saturated rings. The summed E-state index contributed by atoms with van der Waals surface area (Å²) in [4.78, 5) is 37.5. The molecular formula is C22H27NO8S. The molecule has 0 aliphatic rings. The normalized spacial score (nSPS) is 10.6. The van der Waals surface area contributed by atoms with Crippen LogP contribution in [0.4, 0.5) is 5.00 Å². The van der Waals surface area contributed by atoms with Gasteiger partial charge in [-0.25, -0.2) is 14.4 Å². The third kappa shape index (κ3) is 5.91. The number of ether oxygens (including phenoxy) is 5. The number of nitrogens with two attached hydrogens (primary N) is 1. The van der Waals surface area contributed by atoms with Gasteiger partial charge in [-0.05, 0) is 45.9 Å². The average Bonchev–Trinajstić information content (AvgIpc) is 3.08. The van der Waals surface area contributed by atoms with Gasteiger partial charge in [0.05, 0.1) is 32.0 Å². The number of anilines is 1. The van der Waals surface area contributed by atoms with E-state index in [1.165, 1.54) is 19.2 Å². The Labute approximate surface area is 190 Å². The van der Waals surface area contributed by atoms with E-state index in [0.29, 0.717) is 11.5 Å². The molecule has 0 amide bonds. The highest BCUT2D eigenvalue weighted by atomic mass is 32.1. The predicted octanol–water partition coefficient (Wildman–Crippen LogP) is 3.84. The number of thiophene rings is 1. The molecule has 1 aromatic carbocycles. The Hall–Kier alpha value is -3.27. The predicted molar refractivity (Wildman–Crippen MR) is 119 cm³/mol. The van der Waals surface area contributed by atoms with Crippen molar-refractivity contribution in [2.75, 3.05) is 26.1 Å². The molecule has 0 saturated carbocycles. The number of esters is 3. The molecule has 0 saturated heterocycles. The Kier molecular flexibility index (Phi) is 8.89. The zero-order valence-corrected chi connectivity index (χ0v) is 19.5. The molecule has 174 valence electrons. The zero-order chi connectivity index (χ0) is 23.8. The highest BCUT2D eigenvalue weighted by molar-refractivity contribution is 7.18. The minimum absolute atomic E-state index is 0.00837. The van der Waals surface area contributed by atoms with Crippen LogP contribution in [0.5, 0.6) is 11.5 Å². The number of benzene rings is 1. The van der Waals surface area contributed by atoms with E-state index in [0.717, 1.165) is 11.3 Å².